The molecule has 1 aliphatic heterocycles. The van der Waals surface area contributed by atoms with E-state index in [0.29, 0.717) is 6.79 Å². The van der Waals surface area contributed by atoms with Crippen molar-refractivity contribution < 1.29 is 9.47 Å². The van der Waals surface area contributed by atoms with E-state index in [9.17, 15) is 0 Å². The molecule has 16 heavy (non-hydrogen) atoms. The van der Waals surface area contributed by atoms with Gasteiger partial charge in [0.05, 0.1) is 0 Å². The Balaban J connectivity index is 2.21. The second-order valence-corrected chi connectivity index (χ2v) is 3.70. The van der Waals surface area contributed by atoms with Crippen LogP contribution in [-0.2, 0) is 0 Å². The molecule has 3 rings (SSSR count). The predicted molar refractivity (Wildman–Crippen MR) is 62.5 cm³/mol. The van der Waals surface area contributed by atoms with E-state index in [1.165, 1.54) is 0 Å². The van der Waals surface area contributed by atoms with Crippen LogP contribution in [0.1, 0.15) is 5.56 Å². The summed E-state index contributed by atoms with van der Waals surface area (Å²) in [6, 6.07) is 13.9. The van der Waals surface area contributed by atoms with Crippen LogP contribution in [0, 0.1) is 6.92 Å². The van der Waals surface area contributed by atoms with Gasteiger partial charge in [-0.1, -0.05) is 36.4 Å². The van der Waals surface area contributed by atoms with Gasteiger partial charge in [0.2, 0.25) is 6.79 Å². The molecule has 0 fully saturated rings. The molecule has 0 saturated carbocycles. The Morgan fingerprint density at radius 2 is 1.69 bits per heavy atom. The molecule has 0 unspecified atom stereocenters. The maximum absolute atomic E-state index is 5.49. The fourth-order valence-electron chi connectivity index (χ4n) is 1.93. The number of fused-ring (bicyclic) bond motifs is 1. The first-order valence-corrected chi connectivity index (χ1v) is 5.16. The van der Waals surface area contributed by atoms with Crippen LogP contribution in [-0.4, -0.2) is 6.79 Å². The topological polar surface area (TPSA) is 18.5 Å². The quantitative estimate of drug-likeness (QED) is 0.720. The number of ether oxygens (including phenoxy) is 2. The third-order valence-corrected chi connectivity index (χ3v) is 2.70. The van der Waals surface area contributed by atoms with E-state index < -0.39 is 0 Å². The van der Waals surface area contributed by atoms with Crippen molar-refractivity contribution >= 4 is 0 Å². The fraction of sp³-hybridized carbons (Fsp3) is 0.0714. The van der Waals surface area contributed by atoms with Crippen LogP contribution in [0.15, 0.2) is 42.5 Å². The van der Waals surface area contributed by atoms with Gasteiger partial charge in [0, 0.05) is 5.56 Å². The summed E-state index contributed by atoms with van der Waals surface area (Å²) in [6.45, 7) is 4.32. The molecule has 1 radical (unpaired) electrons. The molecule has 2 nitrogen and oxygen atoms in total. The summed E-state index contributed by atoms with van der Waals surface area (Å²) >= 11 is 0. The molecule has 0 N–H and O–H groups in total. The summed E-state index contributed by atoms with van der Waals surface area (Å²) < 4.78 is 10.8. The first-order chi connectivity index (χ1) is 7.86. The lowest BCUT2D eigenvalue weighted by Crippen LogP contribution is -1.93. The summed E-state index contributed by atoms with van der Waals surface area (Å²) in [5.74, 6) is 1.62. The molecule has 2 aromatic carbocycles. The average molecular weight is 211 g/mol. The van der Waals surface area contributed by atoms with Gasteiger partial charge < -0.3 is 9.47 Å². The van der Waals surface area contributed by atoms with Crippen LogP contribution in [0.5, 0.6) is 11.5 Å². The first kappa shape index (κ1) is 9.28. The molecule has 0 saturated heterocycles. The molecule has 0 aromatic heterocycles. The summed E-state index contributed by atoms with van der Waals surface area (Å²) in [6.07, 6.45) is 0. The van der Waals surface area contributed by atoms with Crippen molar-refractivity contribution in [3.8, 4) is 22.6 Å². The van der Waals surface area contributed by atoms with Crippen LogP contribution >= 0.6 is 0 Å². The molecule has 1 aliphatic rings. The Labute approximate surface area is 94.4 Å². The zero-order valence-corrected chi connectivity index (χ0v) is 8.77. The van der Waals surface area contributed by atoms with Gasteiger partial charge in [-0.05, 0) is 24.1 Å². The van der Waals surface area contributed by atoms with Crippen LogP contribution in [0.3, 0.4) is 0 Å². The maximum atomic E-state index is 5.49. The van der Waals surface area contributed by atoms with E-state index in [1.54, 1.807) is 0 Å². The third kappa shape index (κ3) is 1.34. The van der Waals surface area contributed by atoms with Crippen LogP contribution < -0.4 is 9.47 Å². The lowest BCUT2D eigenvalue weighted by atomic mass is 9.99. The minimum Gasteiger partial charge on any atom is -0.454 e. The highest BCUT2D eigenvalue weighted by Gasteiger charge is 2.18. The molecule has 1 heterocycles. The van der Waals surface area contributed by atoms with Gasteiger partial charge in [-0.2, -0.15) is 0 Å². The Hall–Kier alpha value is -1.96. The highest BCUT2D eigenvalue weighted by atomic mass is 16.7. The van der Waals surface area contributed by atoms with E-state index in [4.69, 9.17) is 9.47 Å². The van der Waals surface area contributed by atoms with Gasteiger partial charge in [-0.3, -0.25) is 0 Å². The smallest absolute Gasteiger partial charge is 0.231 e. The van der Waals surface area contributed by atoms with E-state index in [2.05, 4.69) is 6.92 Å². The highest BCUT2D eigenvalue weighted by molar-refractivity contribution is 5.77. The van der Waals surface area contributed by atoms with Crippen LogP contribution in [0.4, 0.5) is 0 Å². The van der Waals surface area contributed by atoms with Gasteiger partial charge in [0.15, 0.2) is 11.5 Å². The largest absolute Gasteiger partial charge is 0.454 e. The van der Waals surface area contributed by atoms with E-state index >= 15 is 0 Å². The van der Waals surface area contributed by atoms with Crippen molar-refractivity contribution in [1.82, 2.24) is 0 Å². The number of para-hydroxylation sites is 1. The highest BCUT2D eigenvalue weighted by Crippen LogP contribution is 2.41. The second kappa shape index (κ2) is 3.56. The van der Waals surface area contributed by atoms with Gasteiger partial charge in [-0.15, -0.1) is 0 Å². The third-order valence-electron chi connectivity index (χ3n) is 2.70. The Bertz CT molecular complexity index is 532. The van der Waals surface area contributed by atoms with Crippen molar-refractivity contribution in [2.24, 2.45) is 0 Å². The van der Waals surface area contributed by atoms with E-state index in [0.717, 1.165) is 28.2 Å². The van der Waals surface area contributed by atoms with E-state index in [1.807, 2.05) is 42.5 Å². The van der Waals surface area contributed by atoms with E-state index in [-0.39, 0.29) is 0 Å². The van der Waals surface area contributed by atoms with Crippen LogP contribution in [0.25, 0.3) is 11.1 Å². The molecule has 2 heteroatoms. The number of hydrogen-bond acceptors (Lipinski definition) is 2. The van der Waals surface area contributed by atoms with Gasteiger partial charge >= 0.3 is 0 Å². The summed E-state index contributed by atoms with van der Waals surface area (Å²) in [5, 5.41) is 0. The predicted octanol–water partition coefficient (Wildman–Crippen LogP) is 3.26. The first-order valence-electron chi connectivity index (χ1n) is 5.16. The van der Waals surface area contributed by atoms with Gasteiger partial charge in [0.1, 0.15) is 0 Å². The summed E-state index contributed by atoms with van der Waals surface area (Å²) in [5.41, 5.74) is 3.12. The SMILES string of the molecule is [CH2]c1ccccc1-c1cccc2c1OCO2. The molecule has 0 spiro atoms. The molecular formula is C14H11O2. The standard InChI is InChI=1S/C14H11O2/c1-10-5-2-3-6-11(10)12-7-4-8-13-14(12)16-9-15-13/h2-8H,1,9H2. The number of rotatable bonds is 1. The molecule has 0 amide bonds. The average Bonchev–Trinajstić information content (AvgIpc) is 2.77. The summed E-state index contributed by atoms with van der Waals surface area (Å²) in [4.78, 5) is 0. The number of hydrogen-bond donors (Lipinski definition) is 0. The monoisotopic (exact) mass is 211 g/mol. The lowest BCUT2D eigenvalue weighted by molar-refractivity contribution is 0.174. The molecule has 0 aliphatic carbocycles. The van der Waals surface area contributed by atoms with Gasteiger partial charge in [-0.25, -0.2) is 0 Å². The Kier molecular flexibility index (Phi) is 2.07. The fourth-order valence-corrected chi connectivity index (χ4v) is 1.93. The maximum Gasteiger partial charge on any atom is 0.231 e. The minimum atomic E-state index is 0.297. The Morgan fingerprint density at radius 3 is 2.56 bits per heavy atom. The van der Waals surface area contributed by atoms with Crippen molar-refractivity contribution in [2.75, 3.05) is 6.79 Å². The second-order valence-electron chi connectivity index (χ2n) is 3.70. The minimum absolute atomic E-state index is 0.297. The zero-order valence-electron chi connectivity index (χ0n) is 8.77. The molecular weight excluding hydrogens is 200 g/mol. The van der Waals surface area contributed by atoms with Crippen molar-refractivity contribution in [3.05, 3.63) is 55.0 Å². The summed E-state index contributed by atoms with van der Waals surface area (Å²) in [7, 11) is 0. The molecule has 79 valence electrons. The molecule has 2 aromatic rings. The number of benzene rings is 2. The van der Waals surface area contributed by atoms with Gasteiger partial charge in [0.25, 0.3) is 0 Å². The zero-order chi connectivity index (χ0) is 11.0. The van der Waals surface area contributed by atoms with Crippen molar-refractivity contribution in [1.29, 1.82) is 0 Å². The Morgan fingerprint density at radius 1 is 0.875 bits per heavy atom. The normalized spacial score (nSPS) is 12.8. The van der Waals surface area contributed by atoms with Crippen molar-refractivity contribution in [3.63, 3.8) is 0 Å². The molecule has 0 bridgehead atoms. The van der Waals surface area contributed by atoms with Crippen molar-refractivity contribution in [2.45, 2.75) is 0 Å². The van der Waals surface area contributed by atoms with Crippen LogP contribution in [0.2, 0.25) is 0 Å². The molecule has 0 atom stereocenters. The lowest BCUT2D eigenvalue weighted by Gasteiger charge is -2.08.